The van der Waals surface area contributed by atoms with E-state index in [0.29, 0.717) is 12.1 Å². The monoisotopic (exact) mass is 271 g/mol. The maximum absolute atomic E-state index is 11.0. The third-order valence-electron chi connectivity index (χ3n) is 3.17. The quantitative estimate of drug-likeness (QED) is 0.682. The van der Waals surface area contributed by atoms with Gasteiger partial charge in [-0.05, 0) is 44.0 Å². The Hall–Kier alpha value is -2.43. The van der Waals surface area contributed by atoms with Crippen molar-refractivity contribution >= 4 is 11.4 Å². The van der Waals surface area contributed by atoms with Gasteiger partial charge in [-0.2, -0.15) is 0 Å². The van der Waals surface area contributed by atoms with Crippen LogP contribution < -0.4 is 5.32 Å². The molecule has 1 heterocycles. The van der Waals surface area contributed by atoms with Crippen LogP contribution in [0.15, 0.2) is 30.5 Å². The summed E-state index contributed by atoms with van der Waals surface area (Å²) in [5.74, 6) is 0. The summed E-state index contributed by atoms with van der Waals surface area (Å²) in [6.45, 7) is 6.21. The van der Waals surface area contributed by atoms with Gasteiger partial charge >= 0.3 is 0 Å². The molecule has 2 aromatic rings. The van der Waals surface area contributed by atoms with Gasteiger partial charge in [-0.25, -0.2) is 0 Å². The van der Waals surface area contributed by atoms with E-state index in [9.17, 15) is 10.1 Å². The van der Waals surface area contributed by atoms with Crippen LogP contribution in [0.1, 0.15) is 22.4 Å². The second kappa shape index (κ2) is 5.69. The summed E-state index contributed by atoms with van der Waals surface area (Å²) in [6, 6.07) is 7.34. The number of rotatable bonds is 4. The van der Waals surface area contributed by atoms with Gasteiger partial charge in [0.2, 0.25) is 0 Å². The summed E-state index contributed by atoms with van der Waals surface area (Å²) < 4.78 is 0. The average Bonchev–Trinajstić information content (AvgIpc) is 2.39. The zero-order valence-corrected chi connectivity index (χ0v) is 11.8. The first-order chi connectivity index (χ1) is 9.47. The van der Waals surface area contributed by atoms with Crippen LogP contribution in [-0.4, -0.2) is 9.91 Å². The molecule has 0 spiro atoms. The minimum atomic E-state index is -0.357. The SMILES string of the molecule is Cc1ccc(CNc2cc([N+](=O)[O-])c(C)cc2C)nc1. The normalized spacial score (nSPS) is 10.3. The van der Waals surface area contributed by atoms with Gasteiger partial charge in [0.25, 0.3) is 5.69 Å². The topological polar surface area (TPSA) is 68.1 Å². The van der Waals surface area contributed by atoms with Gasteiger partial charge in [0.1, 0.15) is 0 Å². The van der Waals surface area contributed by atoms with Gasteiger partial charge in [0.15, 0.2) is 0 Å². The number of aryl methyl sites for hydroxylation is 3. The maximum atomic E-state index is 11.0. The summed E-state index contributed by atoms with van der Waals surface area (Å²) in [5.41, 5.74) is 4.57. The van der Waals surface area contributed by atoms with Crippen molar-refractivity contribution in [1.29, 1.82) is 0 Å². The van der Waals surface area contributed by atoms with E-state index < -0.39 is 0 Å². The molecule has 0 fully saturated rings. The third-order valence-corrected chi connectivity index (χ3v) is 3.17. The number of anilines is 1. The zero-order chi connectivity index (χ0) is 14.7. The molecule has 0 unspecified atom stereocenters. The standard InChI is InChI=1S/C15H17N3O2/c1-10-4-5-13(16-8-10)9-17-14-7-15(18(19)20)12(3)6-11(14)2/h4-8,17H,9H2,1-3H3. The van der Waals surface area contributed by atoms with Gasteiger partial charge in [-0.3, -0.25) is 15.1 Å². The van der Waals surface area contributed by atoms with E-state index in [1.165, 1.54) is 0 Å². The van der Waals surface area contributed by atoms with Crippen molar-refractivity contribution in [2.75, 3.05) is 5.32 Å². The third kappa shape index (κ3) is 3.12. The van der Waals surface area contributed by atoms with Crippen LogP contribution in [0.3, 0.4) is 0 Å². The Balaban J connectivity index is 2.18. The Morgan fingerprint density at radius 3 is 2.55 bits per heavy atom. The molecular weight excluding hydrogens is 254 g/mol. The minimum Gasteiger partial charge on any atom is -0.379 e. The number of benzene rings is 1. The molecule has 5 heteroatoms. The molecule has 0 radical (unpaired) electrons. The molecule has 104 valence electrons. The molecule has 1 N–H and O–H groups in total. The summed E-state index contributed by atoms with van der Waals surface area (Å²) >= 11 is 0. The Kier molecular flexibility index (Phi) is 3.98. The zero-order valence-electron chi connectivity index (χ0n) is 11.8. The minimum absolute atomic E-state index is 0.134. The lowest BCUT2D eigenvalue weighted by molar-refractivity contribution is -0.385. The molecular formula is C15H17N3O2. The van der Waals surface area contributed by atoms with Gasteiger partial charge < -0.3 is 5.32 Å². The Morgan fingerprint density at radius 1 is 1.20 bits per heavy atom. The van der Waals surface area contributed by atoms with Crippen molar-refractivity contribution < 1.29 is 4.92 Å². The predicted octanol–water partition coefficient (Wildman–Crippen LogP) is 3.53. The van der Waals surface area contributed by atoms with Crippen molar-refractivity contribution in [2.45, 2.75) is 27.3 Å². The second-order valence-corrected chi connectivity index (χ2v) is 4.89. The van der Waals surface area contributed by atoms with E-state index in [2.05, 4.69) is 10.3 Å². The molecule has 0 aliphatic heterocycles. The van der Waals surface area contributed by atoms with E-state index in [1.807, 2.05) is 38.2 Å². The predicted molar refractivity (Wildman–Crippen MR) is 78.9 cm³/mol. The molecule has 0 atom stereocenters. The van der Waals surface area contributed by atoms with Crippen LogP contribution in [0.25, 0.3) is 0 Å². The Bertz CT molecular complexity index is 636. The highest BCUT2D eigenvalue weighted by Crippen LogP contribution is 2.26. The largest absolute Gasteiger partial charge is 0.379 e. The van der Waals surface area contributed by atoms with Gasteiger partial charge in [-0.1, -0.05) is 6.07 Å². The van der Waals surface area contributed by atoms with Crippen molar-refractivity contribution in [3.05, 3.63) is 63.0 Å². The summed E-state index contributed by atoms with van der Waals surface area (Å²) in [7, 11) is 0. The fraction of sp³-hybridized carbons (Fsp3) is 0.267. The Morgan fingerprint density at radius 2 is 1.95 bits per heavy atom. The van der Waals surface area contributed by atoms with Gasteiger partial charge in [0.05, 0.1) is 17.2 Å². The first-order valence-electron chi connectivity index (χ1n) is 6.38. The number of nitro benzene ring substituents is 1. The molecule has 0 saturated carbocycles. The molecule has 5 nitrogen and oxygen atoms in total. The fourth-order valence-corrected chi connectivity index (χ4v) is 2.02. The fourth-order valence-electron chi connectivity index (χ4n) is 2.02. The molecule has 0 aliphatic carbocycles. The highest BCUT2D eigenvalue weighted by atomic mass is 16.6. The number of hydrogen-bond acceptors (Lipinski definition) is 4. The lowest BCUT2D eigenvalue weighted by atomic mass is 10.1. The van der Waals surface area contributed by atoms with Crippen LogP contribution in [-0.2, 0) is 6.54 Å². The molecule has 20 heavy (non-hydrogen) atoms. The van der Waals surface area contributed by atoms with Crippen LogP contribution >= 0.6 is 0 Å². The van der Waals surface area contributed by atoms with E-state index in [1.54, 1.807) is 13.0 Å². The van der Waals surface area contributed by atoms with E-state index in [0.717, 1.165) is 22.5 Å². The molecule has 2 rings (SSSR count). The van der Waals surface area contributed by atoms with Crippen LogP contribution in [0, 0.1) is 30.9 Å². The molecule has 0 amide bonds. The average molecular weight is 271 g/mol. The van der Waals surface area contributed by atoms with Crippen LogP contribution in [0.2, 0.25) is 0 Å². The summed E-state index contributed by atoms with van der Waals surface area (Å²) in [6.07, 6.45) is 1.81. The number of nitro groups is 1. The van der Waals surface area contributed by atoms with E-state index in [4.69, 9.17) is 0 Å². The number of aromatic nitrogens is 1. The van der Waals surface area contributed by atoms with Crippen molar-refractivity contribution in [1.82, 2.24) is 4.98 Å². The van der Waals surface area contributed by atoms with E-state index >= 15 is 0 Å². The van der Waals surface area contributed by atoms with Gasteiger partial charge in [0, 0.05) is 23.5 Å². The smallest absolute Gasteiger partial charge is 0.274 e. The van der Waals surface area contributed by atoms with Crippen molar-refractivity contribution in [3.63, 3.8) is 0 Å². The summed E-state index contributed by atoms with van der Waals surface area (Å²) in [4.78, 5) is 14.9. The second-order valence-electron chi connectivity index (χ2n) is 4.89. The number of hydrogen-bond donors (Lipinski definition) is 1. The van der Waals surface area contributed by atoms with Crippen LogP contribution in [0.4, 0.5) is 11.4 Å². The first-order valence-corrected chi connectivity index (χ1v) is 6.38. The van der Waals surface area contributed by atoms with Crippen molar-refractivity contribution in [3.8, 4) is 0 Å². The summed E-state index contributed by atoms with van der Waals surface area (Å²) in [5, 5.41) is 14.2. The lowest BCUT2D eigenvalue weighted by Gasteiger charge is -2.10. The highest BCUT2D eigenvalue weighted by molar-refractivity contribution is 5.60. The molecule has 0 bridgehead atoms. The molecule has 1 aromatic carbocycles. The van der Waals surface area contributed by atoms with E-state index in [-0.39, 0.29) is 10.6 Å². The number of nitrogens with one attached hydrogen (secondary N) is 1. The first kappa shape index (κ1) is 14.0. The molecule has 1 aromatic heterocycles. The van der Waals surface area contributed by atoms with Crippen molar-refractivity contribution in [2.24, 2.45) is 0 Å². The highest BCUT2D eigenvalue weighted by Gasteiger charge is 2.13. The Labute approximate surface area is 117 Å². The number of pyridine rings is 1. The van der Waals surface area contributed by atoms with Gasteiger partial charge in [-0.15, -0.1) is 0 Å². The molecule has 0 aliphatic rings. The molecule has 0 saturated heterocycles. The van der Waals surface area contributed by atoms with Crippen LogP contribution in [0.5, 0.6) is 0 Å². The lowest BCUT2D eigenvalue weighted by Crippen LogP contribution is -2.04. The maximum Gasteiger partial charge on any atom is 0.274 e. The number of nitrogens with zero attached hydrogens (tertiary/aromatic N) is 2.